The third kappa shape index (κ3) is 3.31. The third-order valence-corrected chi connectivity index (χ3v) is 5.96. The van der Waals surface area contributed by atoms with Crippen LogP contribution in [0.1, 0.15) is 73.1 Å². The number of alkyl halides is 3. The molecule has 0 aromatic heterocycles. The molecule has 0 aromatic rings. The van der Waals surface area contributed by atoms with Crippen molar-refractivity contribution < 1.29 is 27.5 Å². The van der Waals surface area contributed by atoms with Gasteiger partial charge in [0.2, 0.25) is 0 Å². The van der Waals surface area contributed by atoms with Crippen LogP contribution in [0, 0.1) is 16.2 Å². The van der Waals surface area contributed by atoms with Crippen LogP contribution in [-0.2, 0) is 14.3 Å². The molecule has 0 spiro atoms. The Bertz CT molecular complexity index is 702. The Kier molecular flexibility index (Phi) is 4.00. The highest BCUT2D eigenvalue weighted by atomic mass is 19.4. The molecule has 0 heterocycles. The van der Waals surface area contributed by atoms with Crippen molar-refractivity contribution in [3.8, 4) is 0 Å². The monoisotopic (exact) mass is 372 g/mol. The molecule has 0 aromatic carbocycles. The van der Waals surface area contributed by atoms with Crippen LogP contribution in [0.3, 0.4) is 0 Å². The predicted octanol–water partition coefficient (Wildman–Crippen LogP) is 5.14. The number of Topliss-reactive ketones (excluding diaryl/α,β-unsaturated/α-hetero) is 1. The summed E-state index contributed by atoms with van der Waals surface area (Å²) >= 11 is 0. The van der Waals surface area contributed by atoms with Gasteiger partial charge in [-0.15, -0.1) is 0 Å². The van der Waals surface area contributed by atoms with Gasteiger partial charge in [0.25, 0.3) is 0 Å². The van der Waals surface area contributed by atoms with Crippen LogP contribution < -0.4 is 0 Å². The van der Waals surface area contributed by atoms with Crippen LogP contribution in [0.5, 0.6) is 0 Å². The van der Waals surface area contributed by atoms with Crippen LogP contribution in [0.25, 0.3) is 0 Å². The van der Waals surface area contributed by atoms with Gasteiger partial charge in [0.1, 0.15) is 5.60 Å². The molecule has 2 unspecified atom stereocenters. The number of hydrogen-bond acceptors (Lipinski definition) is 3. The zero-order valence-electron chi connectivity index (χ0n) is 16.1. The Labute approximate surface area is 152 Å². The van der Waals surface area contributed by atoms with Crippen molar-refractivity contribution in [1.29, 1.82) is 0 Å². The average Bonchev–Trinajstić information content (AvgIpc) is 2.29. The van der Waals surface area contributed by atoms with E-state index >= 15 is 0 Å². The number of hydrogen-bond donors (Lipinski definition) is 0. The predicted molar refractivity (Wildman–Crippen MR) is 90.3 cm³/mol. The Balaban J connectivity index is 2.15. The van der Waals surface area contributed by atoms with Gasteiger partial charge in [-0.3, -0.25) is 4.79 Å². The van der Waals surface area contributed by atoms with E-state index in [1.54, 1.807) is 0 Å². The lowest BCUT2D eigenvalue weighted by Crippen LogP contribution is -2.57. The number of carbonyl (C=O) groups is 2. The molecule has 1 fully saturated rings. The van der Waals surface area contributed by atoms with Gasteiger partial charge in [0.05, 0.1) is 0 Å². The van der Waals surface area contributed by atoms with E-state index in [0.717, 1.165) is 12.0 Å². The molecule has 0 saturated heterocycles. The smallest absolute Gasteiger partial charge is 0.447 e. The number of carbonyl (C=O) groups excluding carboxylic acids is 2. The van der Waals surface area contributed by atoms with E-state index in [1.807, 2.05) is 34.6 Å². The van der Waals surface area contributed by atoms with Crippen LogP contribution in [0.4, 0.5) is 13.2 Å². The standard InChI is InChI=1S/C20H27F3O3/c1-16(2)6-12-7-18(5)9-17(3,4)10-19(11-18,14(12)13(24)8-16)26-15(25)20(21,22)23/h6-11H2,1-5H3. The van der Waals surface area contributed by atoms with Gasteiger partial charge >= 0.3 is 12.1 Å². The summed E-state index contributed by atoms with van der Waals surface area (Å²) in [7, 11) is 0. The summed E-state index contributed by atoms with van der Waals surface area (Å²) in [5, 5.41) is 0. The van der Waals surface area contributed by atoms with Crippen molar-refractivity contribution in [2.24, 2.45) is 16.2 Å². The molecule has 3 aliphatic rings. The third-order valence-electron chi connectivity index (χ3n) is 5.96. The quantitative estimate of drug-likeness (QED) is 0.599. The zero-order chi connectivity index (χ0) is 19.8. The fourth-order valence-electron chi connectivity index (χ4n) is 6.16. The molecule has 26 heavy (non-hydrogen) atoms. The normalized spacial score (nSPS) is 35.8. The van der Waals surface area contributed by atoms with Gasteiger partial charge in [-0.25, -0.2) is 4.79 Å². The lowest BCUT2D eigenvalue weighted by molar-refractivity contribution is -0.221. The van der Waals surface area contributed by atoms with Crippen LogP contribution in [-0.4, -0.2) is 23.5 Å². The topological polar surface area (TPSA) is 43.4 Å². The molecule has 6 heteroatoms. The van der Waals surface area contributed by atoms with Crippen LogP contribution in [0.2, 0.25) is 0 Å². The molecule has 0 aliphatic heterocycles. The molecule has 3 aliphatic carbocycles. The highest BCUT2D eigenvalue weighted by molar-refractivity contribution is 6.00. The molecule has 1 saturated carbocycles. The van der Waals surface area contributed by atoms with Gasteiger partial charge in [0, 0.05) is 12.0 Å². The minimum Gasteiger partial charge on any atom is -0.447 e. The van der Waals surface area contributed by atoms with Crippen molar-refractivity contribution in [1.82, 2.24) is 0 Å². The van der Waals surface area contributed by atoms with E-state index in [9.17, 15) is 22.8 Å². The van der Waals surface area contributed by atoms with E-state index in [2.05, 4.69) is 0 Å². The molecule has 146 valence electrons. The van der Waals surface area contributed by atoms with E-state index < -0.39 is 17.7 Å². The van der Waals surface area contributed by atoms with Crippen molar-refractivity contribution in [3.05, 3.63) is 11.1 Å². The fraction of sp³-hybridized carbons (Fsp3) is 0.800. The van der Waals surface area contributed by atoms with Gasteiger partial charge in [-0.2, -0.15) is 13.2 Å². The zero-order valence-corrected chi connectivity index (χ0v) is 16.1. The Morgan fingerprint density at radius 1 is 0.923 bits per heavy atom. The Hall–Kier alpha value is -1.33. The molecule has 2 atom stereocenters. The van der Waals surface area contributed by atoms with Crippen molar-refractivity contribution in [3.63, 3.8) is 0 Å². The first kappa shape index (κ1) is 19.4. The molecular formula is C20H27F3O3. The summed E-state index contributed by atoms with van der Waals surface area (Å²) < 4.78 is 44.1. The summed E-state index contributed by atoms with van der Waals surface area (Å²) in [5.74, 6) is -2.35. The maximum absolute atomic E-state index is 13.0. The first-order valence-corrected chi connectivity index (χ1v) is 9.13. The Morgan fingerprint density at radius 2 is 1.54 bits per heavy atom. The van der Waals surface area contributed by atoms with E-state index in [1.165, 1.54) is 0 Å². The highest BCUT2D eigenvalue weighted by Gasteiger charge is 2.61. The fourth-order valence-corrected chi connectivity index (χ4v) is 6.16. The van der Waals surface area contributed by atoms with E-state index in [-0.39, 0.29) is 41.3 Å². The first-order valence-electron chi connectivity index (χ1n) is 9.13. The van der Waals surface area contributed by atoms with Crippen molar-refractivity contribution in [2.45, 2.75) is 84.9 Å². The number of halogens is 3. The van der Waals surface area contributed by atoms with Gasteiger partial charge in [-0.05, 0) is 48.3 Å². The second kappa shape index (κ2) is 5.35. The van der Waals surface area contributed by atoms with Crippen LogP contribution >= 0.6 is 0 Å². The maximum atomic E-state index is 13.0. The number of ether oxygens (including phenoxy) is 1. The number of rotatable bonds is 1. The summed E-state index contributed by atoms with van der Waals surface area (Å²) in [6.07, 6.45) is -2.08. The summed E-state index contributed by atoms with van der Waals surface area (Å²) in [4.78, 5) is 24.7. The number of allylic oxidation sites excluding steroid dienone is 1. The second-order valence-corrected chi connectivity index (χ2v) is 10.5. The minimum absolute atomic E-state index is 0.161. The average molecular weight is 372 g/mol. The maximum Gasteiger partial charge on any atom is 0.490 e. The summed E-state index contributed by atoms with van der Waals surface area (Å²) in [6, 6.07) is 0. The molecule has 3 nitrogen and oxygen atoms in total. The van der Waals surface area contributed by atoms with Crippen LogP contribution in [0.15, 0.2) is 11.1 Å². The molecule has 0 N–H and O–H groups in total. The first-order chi connectivity index (χ1) is 11.6. The molecule has 0 amide bonds. The molecule has 3 rings (SSSR count). The molecule has 2 bridgehead atoms. The SMILES string of the molecule is CC1(C)CC(=O)C2=C(C1)CC1(C)CC(C)(C)CC2(OC(=O)C(F)(F)F)C1. The van der Waals surface area contributed by atoms with Gasteiger partial charge in [-0.1, -0.05) is 40.2 Å². The van der Waals surface area contributed by atoms with Gasteiger partial charge in [0.15, 0.2) is 5.78 Å². The lowest BCUT2D eigenvalue weighted by Gasteiger charge is -2.58. The minimum atomic E-state index is -5.07. The second-order valence-electron chi connectivity index (χ2n) is 10.5. The lowest BCUT2D eigenvalue weighted by atomic mass is 9.49. The van der Waals surface area contributed by atoms with Crippen molar-refractivity contribution in [2.75, 3.05) is 0 Å². The molecular weight excluding hydrogens is 345 g/mol. The number of esters is 1. The summed E-state index contributed by atoms with van der Waals surface area (Å²) in [5.41, 5.74) is -1.01. The van der Waals surface area contributed by atoms with E-state index in [4.69, 9.17) is 4.74 Å². The number of fused-ring (bicyclic) bond motifs is 3. The highest BCUT2D eigenvalue weighted by Crippen LogP contribution is 2.63. The molecule has 0 radical (unpaired) electrons. The summed E-state index contributed by atoms with van der Waals surface area (Å²) in [6.45, 7) is 9.99. The Morgan fingerprint density at radius 3 is 2.12 bits per heavy atom. The van der Waals surface area contributed by atoms with Gasteiger partial charge < -0.3 is 4.74 Å². The number of ketones is 1. The van der Waals surface area contributed by atoms with E-state index in [0.29, 0.717) is 18.4 Å². The largest absolute Gasteiger partial charge is 0.490 e. The van der Waals surface area contributed by atoms with Crippen molar-refractivity contribution >= 4 is 11.8 Å².